The van der Waals surface area contributed by atoms with Gasteiger partial charge in [-0.1, -0.05) is 0 Å². The number of carbonyl (C=O) groups excluding carboxylic acids is 1. The lowest BCUT2D eigenvalue weighted by Crippen LogP contribution is -2.33. The van der Waals surface area contributed by atoms with E-state index in [1.165, 1.54) is 0 Å². The molecule has 0 saturated carbocycles. The minimum atomic E-state index is -0.736. The Morgan fingerprint density at radius 3 is 2.85 bits per heavy atom. The molecular weight excluding hydrogens is 168 g/mol. The highest BCUT2D eigenvalue weighted by Gasteiger charge is 2.22. The molecule has 0 unspecified atom stereocenters. The van der Waals surface area contributed by atoms with Crippen LogP contribution in [-0.4, -0.2) is 16.7 Å². The molecule has 0 radical (unpaired) electrons. The first kappa shape index (κ1) is 9.64. The average Bonchev–Trinajstić information content (AvgIpc) is 2.34. The second-order valence-corrected chi connectivity index (χ2v) is 3.58. The first-order valence-corrected chi connectivity index (χ1v) is 4.10. The summed E-state index contributed by atoms with van der Waals surface area (Å²) in [4.78, 5) is 13.5. The summed E-state index contributed by atoms with van der Waals surface area (Å²) in [5.74, 6) is 0. The molecule has 1 aromatic rings. The van der Waals surface area contributed by atoms with Crippen LogP contribution in [0.4, 0.5) is 4.79 Å². The number of aromatic amines is 1. The van der Waals surface area contributed by atoms with Crippen LogP contribution in [-0.2, 0) is 11.2 Å². The number of ether oxygens (including phenoxy) is 1. The van der Waals surface area contributed by atoms with Crippen LogP contribution in [0.25, 0.3) is 0 Å². The monoisotopic (exact) mass is 182 g/mol. The quantitative estimate of drug-likeness (QED) is 0.742. The molecule has 4 nitrogen and oxygen atoms in total. The molecule has 72 valence electrons. The predicted molar refractivity (Wildman–Crippen MR) is 49.2 cm³/mol. The zero-order valence-corrected chi connectivity index (χ0v) is 7.83. The summed E-state index contributed by atoms with van der Waals surface area (Å²) in [5, 5.41) is 0. The van der Waals surface area contributed by atoms with Gasteiger partial charge in [-0.25, -0.2) is 4.79 Å². The van der Waals surface area contributed by atoms with Gasteiger partial charge in [0.05, 0.1) is 0 Å². The van der Waals surface area contributed by atoms with E-state index in [0.29, 0.717) is 6.42 Å². The molecule has 4 heteroatoms. The number of aromatic nitrogens is 1. The number of nitrogens with one attached hydrogen (secondary N) is 1. The molecule has 0 fully saturated rings. The first-order valence-electron chi connectivity index (χ1n) is 4.10. The van der Waals surface area contributed by atoms with Gasteiger partial charge in [0.15, 0.2) is 0 Å². The van der Waals surface area contributed by atoms with Crippen molar-refractivity contribution in [3.8, 4) is 0 Å². The SMILES string of the molecule is CC(C)(Cc1cc[nH]c1)OC(N)=O. The molecule has 0 aromatic carbocycles. The van der Waals surface area contributed by atoms with Crippen LogP contribution >= 0.6 is 0 Å². The van der Waals surface area contributed by atoms with Gasteiger partial charge in [0.2, 0.25) is 0 Å². The van der Waals surface area contributed by atoms with Crippen molar-refractivity contribution >= 4 is 6.09 Å². The molecule has 0 saturated heterocycles. The highest BCUT2D eigenvalue weighted by Crippen LogP contribution is 2.16. The van der Waals surface area contributed by atoms with Gasteiger partial charge in [0.25, 0.3) is 0 Å². The maximum Gasteiger partial charge on any atom is 0.405 e. The van der Waals surface area contributed by atoms with E-state index in [2.05, 4.69) is 4.98 Å². The Bertz CT molecular complexity index is 278. The summed E-state index contributed by atoms with van der Waals surface area (Å²) in [6.07, 6.45) is 3.61. The van der Waals surface area contributed by atoms with E-state index in [1.807, 2.05) is 32.3 Å². The van der Waals surface area contributed by atoms with Gasteiger partial charge in [0.1, 0.15) is 5.60 Å². The molecule has 1 aromatic heterocycles. The van der Waals surface area contributed by atoms with Crippen LogP contribution in [0.15, 0.2) is 18.5 Å². The van der Waals surface area contributed by atoms with E-state index < -0.39 is 11.7 Å². The third-order valence-electron chi connectivity index (χ3n) is 1.67. The van der Waals surface area contributed by atoms with Gasteiger partial charge in [-0.15, -0.1) is 0 Å². The van der Waals surface area contributed by atoms with Crippen molar-refractivity contribution < 1.29 is 9.53 Å². The second-order valence-electron chi connectivity index (χ2n) is 3.58. The van der Waals surface area contributed by atoms with Crippen LogP contribution in [0.1, 0.15) is 19.4 Å². The van der Waals surface area contributed by atoms with Crippen molar-refractivity contribution in [2.24, 2.45) is 5.73 Å². The van der Waals surface area contributed by atoms with Crippen molar-refractivity contribution in [1.29, 1.82) is 0 Å². The Morgan fingerprint density at radius 1 is 1.69 bits per heavy atom. The number of hydrogen-bond donors (Lipinski definition) is 2. The minimum Gasteiger partial charge on any atom is -0.443 e. The van der Waals surface area contributed by atoms with E-state index >= 15 is 0 Å². The lowest BCUT2D eigenvalue weighted by molar-refractivity contribution is 0.0460. The summed E-state index contributed by atoms with van der Waals surface area (Å²) in [6.45, 7) is 3.65. The fraction of sp³-hybridized carbons (Fsp3) is 0.444. The molecule has 0 bridgehead atoms. The van der Waals surface area contributed by atoms with Crippen molar-refractivity contribution in [1.82, 2.24) is 4.98 Å². The number of hydrogen-bond acceptors (Lipinski definition) is 2. The Kier molecular flexibility index (Phi) is 2.60. The van der Waals surface area contributed by atoms with E-state index in [0.717, 1.165) is 5.56 Å². The molecule has 13 heavy (non-hydrogen) atoms. The van der Waals surface area contributed by atoms with Crippen LogP contribution < -0.4 is 5.73 Å². The Labute approximate surface area is 77.1 Å². The molecule has 0 aliphatic carbocycles. The number of rotatable bonds is 3. The van der Waals surface area contributed by atoms with Crippen molar-refractivity contribution in [2.45, 2.75) is 25.9 Å². The van der Waals surface area contributed by atoms with E-state index in [-0.39, 0.29) is 0 Å². The van der Waals surface area contributed by atoms with Crippen LogP contribution in [0.5, 0.6) is 0 Å². The molecule has 1 amide bonds. The van der Waals surface area contributed by atoms with E-state index in [9.17, 15) is 4.79 Å². The Morgan fingerprint density at radius 2 is 2.38 bits per heavy atom. The third-order valence-corrected chi connectivity index (χ3v) is 1.67. The van der Waals surface area contributed by atoms with Crippen LogP contribution in [0.2, 0.25) is 0 Å². The van der Waals surface area contributed by atoms with Crippen molar-refractivity contribution in [3.05, 3.63) is 24.0 Å². The lowest BCUT2D eigenvalue weighted by Gasteiger charge is -2.23. The molecule has 0 atom stereocenters. The highest BCUT2D eigenvalue weighted by molar-refractivity contribution is 5.65. The summed E-state index contributed by atoms with van der Waals surface area (Å²) >= 11 is 0. The number of carbonyl (C=O) groups is 1. The summed E-state index contributed by atoms with van der Waals surface area (Å²) < 4.78 is 4.94. The number of amides is 1. The molecular formula is C9H14N2O2. The van der Waals surface area contributed by atoms with Crippen LogP contribution in [0, 0.1) is 0 Å². The summed E-state index contributed by atoms with van der Waals surface area (Å²) in [6, 6.07) is 1.94. The number of H-pyrrole nitrogens is 1. The first-order chi connectivity index (χ1) is 5.99. The van der Waals surface area contributed by atoms with Crippen molar-refractivity contribution in [3.63, 3.8) is 0 Å². The number of nitrogens with two attached hydrogens (primary N) is 1. The fourth-order valence-electron chi connectivity index (χ4n) is 1.27. The van der Waals surface area contributed by atoms with E-state index in [4.69, 9.17) is 10.5 Å². The summed E-state index contributed by atoms with van der Waals surface area (Å²) in [7, 11) is 0. The topological polar surface area (TPSA) is 68.1 Å². The third kappa shape index (κ3) is 3.19. The standard InChI is InChI=1S/C9H14N2O2/c1-9(2,13-8(10)12)5-7-3-4-11-6-7/h3-4,6,11H,5H2,1-2H3,(H2,10,12). The zero-order valence-electron chi connectivity index (χ0n) is 7.83. The van der Waals surface area contributed by atoms with Gasteiger partial charge >= 0.3 is 6.09 Å². The zero-order chi connectivity index (χ0) is 9.90. The Balaban J connectivity index is 2.56. The smallest absolute Gasteiger partial charge is 0.405 e. The van der Waals surface area contributed by atoms with Gasteiger partial charge in [-0.2, -0.15) is 0 Å². The minimum absolute atomic E-state index is 0.548. The predicted octanol–water partition coefficient (Wildman–Crippen LogP) is 1.43. The van der Waals surface area contributed by atoms with Crippen molar-refractivity contribution in [2.75, 3.05) is 0 Å². The van der Waals surface area contributed by atoms with Gasteiger partial charge < -0.3 is 15.5 Å². The molecule has 1 rings (SSSR count). The summed E-state index contributed by atoms with van der Waals surface area (Å²) in [5.41, 5.74) is 5.48. The molecule has 0 aliphatic rings. The molecule has 3 N–H and O–H groups in total. The van der Waals surface area contributed by atoms with Gasteiger partial charge in [-0.3, -0.25) is 0 Å². The number of primary amides is 1. The van der Waals surface area contributed by atoms with E-state index in [1.54, 1.807) is 0 Å². The lowest BCUT2D eigenvalue weighted by atomic mass is 10.0. The fourth-order valence-corrected chi connectivity index (χ4v) is 1.27. The highest BCUT2D eigenvalue weighted by atomic mass is 16.6. The van der Waals surface area contributed by atoms with Gasteiger partial charge in [-0.05, 0) is 25.5 Å². The normalized spacial score (nSPS) is 11.2. The largest absolute Gasteiger partial charge is 0.443 e. The second kappa shape index (κ2) is 3.51. The molecule has 0 spiro atoms. The average molecular weight is 182 g/mol. The maximum atomic E-state index is 10.5. The van der Waals surface area contributed by atoms with Gasteiger partial charge in [0, 0.05) is 18.8 Å². The molecule has 0 aliphatic heterocycles. The molecule has 1 heterocycles. The maximum absolute atomic E-state index is 10.5. The Hall–Kier alpha value is -1.45. The van der Waals surface area contributed by atoms with Crippen LogP contribution in [0.3, 0.4) is 0 Å².